The van der Waals surface area contributed by atoms with Crippen LogP contribution in [-0.4, -0.2) is 18.0 Å². The quantitative estimate of drug-likeness (QED) is 0.701. The fraction of sp³-hybridized carbons (Fsp3) is 0.933. The Hall–Kier alpha value is -0.370. The van der Waals surface area contributed by atoms with E-state index in [1.807, 2.05) is 27.7 Å². The molecule has 0 fully saturated rings. The van der Waals surface area contributed by atoms with E-state index in [4.69, 9.17) is 4.74 Å². The van der Waals surface area contributed by atoms with E-state index >= 15 is 0 Å². The monoisotopic (exact) mass is 242 g/mol. The Kier molecular flexibility index (Phi) is 5.86. The summed E-state index contributed by atoms with van der Waals surface area (Å²) in [7, 11) is 0. The lowest BCUT2D eigenvalue weighted by atomic mass is 9.75. The van der Waals surface area contributed by atoms with Crippen LogP contribution in [0.3, 0.4) is 0 Å². The summed E-state index contributed by atoms with van der Waals surface area (Å²) in [4.78, 5) is 12.3. The molecule has 0 N–H and O–H groups in total. The van der Waals surface area contributed by atoms with Crippen molar-refractivity contribution in [3.8, 4) is 0 Å². The molecule has 17 heavy (non-hydrogen) atoms. The van der Waals surface area contributed by atoms with Crippen molar-refractivity contribution in [2.75, 3.05) is 6.61 Å². The van der Waals surface area contributed by atoms with Crippen LogP contribution in [-0.2, 0) is 9.53 Å². The van der Waals surface area contributed by atoms with Gasteiger partial charge in [0, 0.05) is 12.5 Å². The fourth-order valence-electron chi connectivity index (χ4n) is 2.02. The van der Waals surface area contributed by atoms with Crippen molar-refractivity contribution < 1.29 is 9.53 Å². The molecule has 2 heteroatoms. The first kappa shape index (κ1) is 16.6. The molecule has 102 valence electrons. The Morgan fingerprint density at radius 2 is 1.59 bits per heavy atom. The molecule has 0 aromatic heterocycles. The SMILES string of the molecule is CCOC(C)(C)C(=O)C(C)CC(C)C(C)(C)C. The highest BCUT2D eigenvalue weighted by atomic mass is 16.5. The molecule has 0 bridgehead atoms. The molecule has 0 amide bonds. The molecule has 0 aliphatic rings. The lowest BCUT2D eigenvalue weighted by molar-refractivity contribution is -0.144. The van der Waals surface area contributed by atoms with Crippen LogP contribution >= 0.6 is 0 Å². The number of ketones is 1. The number of ether oxygens (including phenoxy) is 1. The van der Waals surface area contributed by atoms with Crippen LogP contribution in [0.1, 0.15) is 61.8 Å². The van der Waals surface area contributed by atoms with Crippen LogP contribution in [0.2, 0.25) is 0 Å². The molecule has 0 aromatic rings. The summed E-state index contributed by atoms with van der Waals surface area (Å²) < 4.78 is 5.53. The number of Topliss-reactive ketones (excluding diaryl/α,β-unsaturated/α-hetero) is 1. The predicted molar refractivity (Wildman–Crippen MR) is 73.1 cm³/mol. The summed E-state index contributed by atoms with van der Waals surface area (Å²) in [5, 5.41) is 0. The first-order valence-corrected chi connectivity index (χ1v) is 6.70. The summed E-state index contributed by atoms with van der Waals surface area (Å²) >= 11 is 0. The maximum atomic E-state index is 12.3. The van der Waals surface area contributed by atoms with Crippen molar-refractivity contribution in [3.63, 3.8) is 0 Å². The van der Waals surface area contributed by atoms with Gasteiger partial charge in [-0.25, -0.2) is 0 Å². The highest BCUT2D eigenvalue weighted by Gasteiger charge is 2.34. The summed E-state index contributed by atoms with van der Waals surface area (Å²) in [6, 6.07) is 0. The van der Waals surface area contributed by atoms with Gasteiger partial charge in [-0.2, -0.15) is 0 Å². The molecule has 2 unspecified atom stereocenters. The van der Waals surface area contributed by atoms with Crippen LogP contribution in [0.4, 0.5) is 0 Å². The van der Waals surface area contributed by atoms with E-state index in [0.29, 0.717) is 12.5 Å². The molecule has 0 spiro atoms. The highest BCUT2D eigenvalue weighted by Crippen LogP contribution is 2.32. The van der Waals surface area contributed by atoms with E-state index in [2.05, 4.69) is 27.7 Å². The minimum absolute atomic E-state index is 0.0609. The molecule has 0 saturated heterocycles. The van der Waals surface area contributed by atoms with Gasteiger partial charge in [-0.3, -0.25) is 4.79 Å². The summed E-state index contributed by atoms with van der Waals surface area (Å²) in [5.74, 6) is 0.806. The van der Waals surface area contributed by atoms with Crippen LogP contribution in [0.25, 0.3) is 0 Å². The average Bonchev–Trinajstić information content (AvgIpc) is 2.14. The van der Waals surface area contributed by atoms with Gasteiger partial charge in [0.1, 0.15) is 5.60 Å². The molecule has 0 radical (unpaired) electrons. The summed E-state index contributed by atoms with van der Waals surface area (Å²) in [5.41, 5.74) is -0.393. The van der Waals surface area contributed by atoms with E-state index in [1.165, 1.54) is 0 Å². The van der Waals surface area contributed by atoms with E-state index in [0.717, 1.165) is 6.42 Å². The van der Waals surface area contributed by atoms with Gasteiger partial charge < -0.3 is 4.74 Å². The first-order chi connectivity index (χ1) is 7.52. The van der Waals surface area contributed by atoms with Crippen LogP contribution < -0.4 is 0 Å². The Morgan fingerprint density at radius 3 is 1.94 bits per heavy atom. The summed E-state index contributed by atoms with van der Waals surface area (Å²) in [6.07, 6.45) is 0.929. The van der Waals surface area contributed by atoms with Crippen molar-refractivity contribution >= 4 is 5.78 Å². The van der Waals surface area contributed by atoms with Crippen molar-refractivity contribution in [1.82, 2.24) is 0 Å². The van der Waals surface area contributed by atoms with Gasteiger partial charge in [0.15, 0.2) is 5.78 Å². The zero-order valence-corrected chi connectivity index (χ0v) is 12.9. The smallest absolute Gasteiger partial charge is 0.166 e. The largest absolute Gasteiger partial charge is 0.368 e. The third-order valence-electron chi connectivity index (χ3n) is 3.73. The zero-order chi connectivity index (χ0) is 13.9. The molecule has 0 rings (SSSR count). The average molecular weight is 242 g/mol. The van der Waals surface area contributed by atoms with Crippen molar-refractivity contribution in [2.45, 2.75) is 67.4 Å². The Morgan fingerprint density at radius 1 is 1.12 bits per heavy atom. The molecule has 0 aliphatic heterocycles. The van der Waals surface area contributed by atoms with Crippen molar-refractivity contribution in [2.24, 2.45) is 17.3 Å². The zero-order valence-electron chi connectivity index (χ0n) is 12.9. The van der Waals surface area contributed by atoms with Gasteiger partial charge in [0.25, 0.3) is 0 Å². The Balaban J connectivity index is 4.52. The number of rotatable bonds is 6. The predicted octanol–water partition coefficient (Wildman–Crippen LogP) is 4.08. The van der Waals surface area contributed by atoms with Crippen LogP contribution in [0, 0.1) is 17.3 Å². The topological polar surface area (TPSA) is 26.3 Å². The molecular formula is C15H30O2. The second-order valence-corrected chi connectivity index (χ2v) is 6.71. The molecule has 0 aliphatic carbocycles. The number of hydrogen-bond acceptors (Lipinski definition) is 2. The van der Waals surface area contributed by atoms with E-state index in [1.54, 1.807) is 0 Å². The van der Waals surface area contributed by atoms with Gasteiger partial charge in [-0.05, 0) is 38.5 Å². The van der Waals surface area contributed by atoms with Crippen LogP contribution in [0.15, 0.2) is 0 Å². The number of carbonyl (C=O) groups is 1. The molecule has 0 aromatic carbocycles. The molecule has 2 atom stereocenters. The number of hydrogen-bond donors (Lipinski definition) is 0. The lowest BCUT2D eigenvalue weighted by Gasteiger charge is -2.32. The number of carbonyl (C=O) groups excluding carboxylic acids is 1. The van der Waals surface area contributed by atoms with E-state index < -0.39 is 5.60 Å². The second kappa shape index (κ2) is 5.99. The van der Waals surface area contributed by atoms with Gasteiger partial charge in [0.05, 0.1) is 0 Å². The Labute approximate surface area is 107 Å². The summed E-state index contributed by atoms with van der Waals surface area (Å²) in [6.45, 7) is 17.2. The van der Waals surface area contributed by atoms with Gasteiger partial charge >= 0.3 is 0 Å². The van der Waals surface area contributed by atoms with Gasteiger partial charge in [-0.1, -0.05) is 34.6 Å². The fourth-order valence-corrected chi connectivity index (χ4v) is 2.02. The minimum Gasteiger partial charge on any atom is -0.368 e. The van der Waals surface area contributed by atoms with Crippen LogP contribution in [0.5, 0.6) is 0 Å². The molecular weight excluding hydrogens is 212 g/mol. The Bertz CT molecular complexity index is 248. The first-order valence-electron chi connectivity index (χ1n) is 6.70. The third kappa shape index (κ3) is 5.20. The lowest BCUT2D eigenvalue weighted by Crippen LogP contribution is -2.40. The second-order valence-electron chi connectivity index (χ2n) is 6.71. The molecule has 0 saturated carbocycles. The van der Waals surface area contributed by atoms with Gasteiger partial charge in [-0.15, -0.1) is 0 Å². The standard InChI is InChI=1S/C15H30O2/c1-9-17-15(7,8)13(16)11(2)10-12(3)14(4,5)6/h11-12H,9-10H2,1-8H3. The highest BCUT2D eigenvalue weighted by molar-refractivity contribution is 5.88. The maximum Gasteiger partial charge on any atom is 0.166 e. The van der Waals surface area contributed by atoms with E-state index in [-0.39, 0.29) is 17.1 Å². The van der Waals surface area contributed by atoms with E-state index in [9.17, 15) is 4.79 Å². The third-order valence-corrected chi connectivity index (χ3v) is 3.73. The maximum absolute atomic E-state index is 12.3. The normalized spacial score (nSPS) is 16.7. The van der Waals surface area contributed by atoms with Crippen molar-refractivity contribution in [1.29, 1.82) is 0 Å². The minimum atomic E-state index is -0.647. The molecule has 0 heterocycles. The van der Waals surface area contributed by atoms with Crippen molar-refractivity contribution in [3.05, 3.63) is 0 Å². The molecule has 2 nitrogen and oxygen atoms in total. The van der Waals surface area contributed by atoms with Gasteiger partial charge in [0.2, 0.25) is 0 Å².